The van der Waals surface area contributed by atoms with E-state index in [0.717, 1.165) is 48.3 Å². The molecule has 6 nitrogen and oxygen atoms in total. The number of hydrogen-bond donors (Lipinski definition) is 3. The zero-order valence-electron chi connectivity index (χ0n) is 26.3. The topological polar surface area (TPSA) is 88.4 Å². The number of hydrogen-bond acceptors (Lipinski definition) is 6. The van der Waals surface area contributed by atoms with Gasteiger partial charge in [-0.1, -0.05) is 127 Å². The first-order valence-electron chi connectivity index (χ1n) is 16.4. The summed E-state index contributed by atoms with van der Waals surface area (Å²) in [6.45, 7) is 3.16. The van der Waals surface area contributed by atoms with Crippen molar-refractivity contribution in [3.8, 4) is 11.5 Å². The number of para-hydroxylation sites is 2. The fourth-order valence-corrected chi connectivity index (χ4v) is 6.05. The molecule has 2 rings (SSSR count). The lowest BCUT2D eigenvalue weighted by molar-refractivity contribution is -0.0273. The number of rotatable bonds is 26. The summed E-state index contributed by atoms with van der Waals surface area (Å²) < 4.78 is 18.9. The van der Waals surface area contributed by atoms with Crippen molar-refractivity contribution in [1.29, 1.82) is 0 Å². The molecule has 0 bridgehead atoms. The van der Waals surface area contributed by atoms with E-state index in [2.05, 4.69) is 26.0 Å². The Morgan fingerprint density at radius 3 is 1.33 bits per heavy atom. The van der Waals surface area contributed by atoms with Gasteiger partial charge in [0.1, 0.15) is 11.5 Å². The van der Waals surface area contributed by atoms with Crippen LogP contribution in [0, 0.1) is 5.41 Å². The van der Waals surface area contributed by atoms with Gasteiger partial charge in [0.2, 0.25) is 0 Å². The number of unbranched alkanes of at least 4 members (excludes halogenated alkanes) is 12. The molecule has 0 saturated carbocycles. The van der Waals surface area contributed by atoms with E-state index < -0.39 is 33.8 Å². The van der Waals surface area contributed by atoms with Crippen LogP contribution in [0.2, 0.25) is 0 Å². The normalized spacial score (nSPS) is 11.8. The molecule has 0 aliphatic heterocycles. The second kappa shape index (κ2) is 22.8. The lowest BCUT2D eigenvalue weighted by Gasteiger charge is -2.28. The molecule has 0 saturated heterocycles. The van der Waals surface area contributed by atoms with Gasteiger partial charge < -0.3 is 24.4 Å². The van der Waals surface area contributed by atoms with Crippen LogP contribution in [0.5, 0.6) is 11.5 Å². The van der Waals surface area contributed by atoms with Gasteiger partial charge in [0, 0.05) is 0 Å². The molecule has 0 heterocycles. The third-order valence-corrected chi connectivity index (χ3v) is 8.90. The summed E-state index contributed by atoms with van der Waals surface area (Å²) in [4.78, 5) is 0. The summed E-state index contributed by atoms with van der Waals surface area (Å²) in [5.41, 5.74) is 1.04. The zero-order valence-corrected chi connectivity index (χ0v) is 27.2. The van der Waals surface area contributed by atoms with Gasteiger partial charge in [-0.2, -0.15) is 0 Å². The van der Waals surface area contributed by atoms with E-state index in [1.54, 1.807) is 0 Å². The van der Waals surface area contributed by atoms with Crippen LogP contribution in [0.3, 0.4) is 0 Å². The molecule has 238 valence electrons. The maximum Gasteiger partial charge on any atom is 0.463 e. The number of benzene rings is 2. The first kappa shape index (κ1) is 36.5. The van der Waals surface area contributed by atoms with Crippen molar-refractivity contribution in [3.05, 3.63) is 59.7 Å². The Hall–Kier alpha value is -1.69. The van der Waals surface area contributed by atoms with Gasteiger partial charge in [0.15, 0.2) is 0 Å². The van der Waals surface area contributed by atoms with Crippen molar-refractivity contribution >= 4 is 8.60 Å². The summed E-state index contributed by atoms with van der Waals surface area (Å²) in [5, 5.41) is 29.6. The highest BCUT2D eigenvalue weighted by Crippen LogP contribution is 2.45. The predicted molar refractivity (Wildman–Crippen MR) is 174 cm³/mol. The summed E-state index contributed by atoms with van der Waals surface area (Å²) >= 11 is 0. The maximum atomic E-state index is 9.86. The van der Waals surface area contributed by atoms with Gasteiger partial charge in [-0.05, 0) is 48.9 Å². The molecular weight excluding hydrogens is 547 g/mol. The fourth-order valence-electron chi connectivity index (χ4n) is 4.85. The highest BCUT2D eigenvalue weighted by Gasteiger charge is 2.32. The van der Waals surface area contributed by atoms with Crippen LogP contribution in [-0.4, -0.2) is 41.7 Å². The minimum Gasteiger partial charge on any atom is -0.417 e. The van der Waals surface area contributed by atoms with Crippen LogP contribution in [0.25, 0.3) is 0 Å². The van der Waals surface area contributed by atoms with E-state index in [9.17, 15) is 15.3 Å². The monoisotopic (exact) mass is 604 g/mol. The lowest BCUT2D eigenvalue weighted by atomic mass is 9.93. The molecule has 0 unspecified atom stereocenters. The van der Waals surface area contributed by atoms with E-state index in [1.807, 2.05) is 36.4 Å². The minimum atomic E-state index is -1.92. The summed E-state index contributed by atoms with van der Waals surface area (Å²) in [6.07, 6.45) is 19.3. The van der Waals surface area contributed by atoms with E-state index in [-0.39, 0.29) is 6.61 Å². The van der Waals surface area contributed by atoms with Crippen LogP contribution in [-0.2, 0) is 17.4 Å². The average Bonchev–Trinajstić information content (AvgIpc) is 3.02. The minimum absolute atomic E-state index is 0.0952. The van der Waals surface area contributed by atoms with E-state index in [4.69, 9.17) is 13.6 Å². The number of aryl methyl sites for hydroxylation is 2. The van der Waals surface area contributed by atoms with Crippen LogP contribution >= 0.6 is 8.60 Å². The second-order valence-corrected chi connectivity index (χ2v) is 12.7. The molecule has 2 aromatic carbocycles. The van der Waals surface area contributed by atoms with Crippen molar-refractivity contribution < 1.29 is 28.9 Å². The molecule has 0 aromatic heterocycles. The van der Waals surface area contributed by atoms with Crippen molar-refractivity contribution in [1.82, 2.24) is 0 Å². The summed E-state index contributed by atoms with van der Waals surface area (Å²) in [6, 6.07) is 16.0. The Morgan fingerprint density at radius 1 is 0.548 bits per heavy atom. The quantitative estimate of drug-likeness (QED) is 0.0734. The van der Waals surface area contributed by atoms with Gasteiger partial charge in [0.25, 0.3) is 0 Å². The smallest absolute Gasteiger partial charge is 0.417 e. The highest BCUT2D eigenvalue weighted by atomic mass is 31.2. The molecule has 2 aromatic rings. The Morgan fingerprint density at radius 2 is 0.929 bits per heavy atom. The number of aliphatic hydroxyl groups excluding tert-OH is 3. The molecule has 0 spiro atoms. The standard InChI is InChI=1S/C35H57O6P/c1-3-5-7-9-11-13-15-21-31-23-17-19-25-33(31)40-42(39-30-35(27-36,28-37)29-38)41-34-26-20-18-24-32(34)22-16-14-12-10-8-6-4-2/h17-20,23-26,36-38H,3-16,21-22,27-30H2,1-2H3. The molecule has 7 heteroatoms. The molecule has 42 heavy (non-hydrogen) atoms. The Balaban J connectivity index is 2.09. The first-order valence-corrected chi connectivity index (χ1v) is 17.5. The molecule has 0 radical (unpaired) electrons. The number of aliphatic hydroxyl groups is 3. The largest absolute Gasteiger partial charge is 0.463 e. The highest BCUT2D eigenvalue weighted by molar-refractivity contribution is 7.42. The van der Waals surface area contributed by atoms with Gasteiger partial charge >= 0.3 is 8.60 Å². The Kier molecular flexibility index (Phi) is 19.8. The predicted octanol–water partition coefficient (Wildman–Crippen LogP) is 8.94. The maximum absolute atomic E-state index is 9.86. The molecule has 0 aliphatic carbocycles. The van der Waals surface area contributed by atoms with Crippen molar-refractivity contribution in [3.63, 3.8) is 0 Å². The Bertz CT molecular complexity index is 863. The van der Waals surface area contributed by atoms with Gasteiger partial charge in [-0.3, -0.25) is 4.52 Å². The summed E-state index contributed by atoms with van der Waals surface area (Å²) in [7, 11) is -1.92. The van der Waals surface area contributed by atoms with Crippen LogP contribution < -0.4 is 9.05 Å². The zero-order chi connectivity index (χ0) is 30.3. The lowest BCUT2D eigenvalue weighted by Crippen LogP contribution is -2.38. The van der Waals surface area contributed by atoms with E-state index in [0.29, 0.717) is 0 Å². The third-order valence-electron chi connectivity index (χ3n) is 7.87. The van der Waals surface area contributed by atoms with Gasteiger partial charge in [-0.15, -0.1) is 0 Å². The molecule has 3 N–H and O–H groups in total. The molecule has 0 amide bonds. The average molecular weight is 605 g/mol. The SMILES string of the molecule is CCCCCCCCCc1ccccc1OP(OCC(CO)(CO)CO)Oc1ccccc1CCCCCCCCC. The molecule has 0 atom stereocenters. The second-order valence-electron chi connectivity index (χ2n) is 11.6. The molecule has 0 aliphatic rings. The molecular formula is C35H57O6P. The van der Waals surface area contributed by atoms with Crippen molar-refractivity contribution in [2.75, 3.05) is 26.4 Å². The van der Waals surface area contributed by atoms with Crippen molar-refractivity contribution in [2.45, 2.75) is 117 Å². The fraction of sp³-hybridized carbons (Fsp3) is 0.657. The summed E-state index contributed by atoms with van der Waals surface area (Å²) in [5.74, 6) is 1.45. The third kappa shape index (κ3) is 14.2. The van der Waals surface area contributed by atoms with Gasteiger partial charge in [-0.25, -0.2) is 0 Å². The van der Waals surface area contributed by atoms with E-state index in [1.165, 1.54) is 77.0 Å². The van der Waals surface area contributed by atoms with Gasteiger partial charge in [0.05, 0.1) is 31.8 Å². The Labute approximate surface area is 256 Å². The van der Waals surface area contributed by atoms with E-state index >= 15 is 0 Å². The van der Waals surface area contributed by atoms with Crippen LogP contribution in [0.4, 0.5) is 0 Å². The van der Waals surface area contributed by atoms with Crippen LogP contribution in [0.1, 0.15) is 115 Å². The van der Waals surface area contributed by atoms with Crippen molar-refractivity contribution in [2.24, 2.45) is 5.41 Å². The molecule has 0 fully saturated rings. The first-order chi connectivity index (χ1) is 20.6. The van der Waals surface area contributed by atoms with Crippen LogP contribution in [0.15, 0.2) is 48.5 Å².